The molecule has 0 aliphatic carbocycles. The molecule has 0 unspecified atom stereocenters. The molecular weight excluding hydrogens is 294 g/mol. The lowest BCUT2D eigenvalue weighted by Crippen LogP contribution is -2.15. The van der Waals surface area contributed by atoms with Gasteiger partial charge in [-0.2, -0.15) is 5.10 Å². The van der Waals surface area contributed by atoms with Crippen LogP contribution < -0.4 is 15.7 Å². The fourth-order valence-corrected chi connectivity index (χ4v) is 2.06. The summed E-state index contributed by atoms with van der Waals surface area (Å²) in [6.07, 6.45) is 1.64. The summed E-state index contributed by atoms with van der Waals surface area (Å²) in [7, 11) is 1.65. The number of H-pyrrole nitrogens is 1. The molecule has 0 aliphatic rings. The fourth-order valence-electron chi connectivity index (χ4n) is 2.06. The smallest absolute Gasteiger partial charge is 0.274 e. The van der Waals surface area contributed by atoms with Crippen molar-refractivity contribution in [2.24, 2.45) is 5.10 Å². The first-order chi connectivity index (χ1) is 11.2. The van der Waals surface area contributed by atoms with Gasteiger partial charge in [0.05, 0.1) is 13.3 Å². The van der Waals surface area contributed by atoms with Crippen molar-refractivity contribution in [1.29, 1.82) is 0 Å². The van der Waals surface area contributed by atoms with E-state index in [0.717, 1.165) is 22.1 Å². The lowest BCUT2D eigenvalue weighted by atomic mass is 10.1. The molecular formula is C16H15N5O2. The first-order valence-corrected chi connectivity index (χ1v) is 6.96. The molecule has 7 nitrogen and oxygen atoms in total. The van der Waals surface area contributed by atoms with Crippen molar-refractivity contribution >= 4 is 22.9 Å². The van der Waals surface area contributed by atoms with Gasteiger partial charge in [-0.3, -0.25) is 9.78 Å². The van der Waals surface area contributed by atoms with E-state index in [-0.39, 0.29) is 11.5 Å². The van der Waals surface area contributed by atoms with E-state index in [0.29, 0.717) is 5.69 Å². The van der Waals surface area contributed by atoms with Gasteiger partial charge >= 0.3 is 0 Å². The lowest BCUT2D eigenvalue weighted by Gasteiger charge is -2.03. The van der Waals surface area contributed by atoms with E-state index in [1.165, 1.54) is 0 Å². The summed E-state index contributed by atoms with van der Waals surface area (Å²) in [6.45, 7) is 1.59. The van der Waals surface area contributed by atoms with Crippen molar-refractivity contribution in [1.82, 2.24) is 15.2 Å². The number of aryl methyl sites for hydroxylation is 1. The number of hydrazone groups is 1. The second-order valence-electron chi connectivity index (χ2n) is 4.93. The molecule has 0 spiro atoms. The summed E-state index contributed by atoms with van der Waals surface area (Å²) in [5.41, 5.74) is 3.58. The van der Waals surface area contributed by atoms with E-state index in [1.54, 1.807) is 20.2 Å². The quantitative estimate of drug-likeness (QED) is 0.568. The Balaban J connectivity index is 1.77. The normalized spacial score (nSPS) is 11.0. The third-order valence-electron chi connectivity index (χ3n) is 3.32. The SMILES string of the molecule is COc1ccc2cc(/C=N\Nc3nnc(C)c(=O)[nH]3)ccc2c1. The number of anilines is 1. The molecule has 0 saturated carbocycles. The minimum Gasteiger partial charge on any atom is -0.497 e. The Labute approximate surface area is 132 Å². The Kier molecular flexibility index (Phi) is 4.01. The number of fused-ring (bicyclic) bond motifs is 1. The molecule has 0 amide bonds. The maximum atomic E-state index is 11.4. The van der Waals surface area contributed by atoms with Crippen LogP contribution in [0.1, 0.15) is 11.3 Å². The van der Waals surface area contributed by atoms with E-state index in [1.807, 2.05) is 36.4 Å². The second-order valence-corrected chi connectivity index (χ2v) is 4.93. The third-order valence-corrected chi connectivity index (χ3v) is 3.32. The number of hydrogen-bond acceptors (Lipinski definition) is 6. The van der Waals surface area contributed by atoms with Gasteiger partial charge in [0.15, 0.2) is 0 Å². The van der Waals surface area contributed by atoms with E-state index in [9.17, 15) is 4.79 Å². The standard InChI is InChI=1S/C16H15N5O2/c1-10-15(22)18-16(21-19-10)20-17-9-11-3-4-13-8-14(23-2)6-5-12(13)7-11/h3-9H,1-2H3,(H2,18,20,21,22)/b17-9-. The largest absolute Gasteiger partial charge is 0.497 e. The topological polar surface area (TPSA) is 92.3 Å². The first kappa shape index (κ1) is 14.7. The zero-order chi connectivity index (χ0) is 16.2. The van der Waals surface area contributed by atoms with Gasteiger partial charge in [0.25, 0.3) is 5.56 Å². The number of benzene rings is 2. The Bertz CT molecular complexity index is 933. The van der Waals surface area contributed by atoms with Crippen LogP contribution in [0, 0.1) is 6.92 Å². The number of aromatic amines is 1. The Morgan fingerprint density at radius 2 is 1.96 bits per heavy atom. The van der Waals surface area contributed by atoms with Gasteiger partial charge in [-0.1, -0.05) is 18.2 Å². The zero-order valence-corrected chi connectivity index (χ0v) is 12.7. The molecule has 7 heteroatoms. The molecule has 0 saturated heterocycles. The van der Waals surface area contributed by atoms with Crippen LogP contribution in [0.2, 0.25) is 0 Å². The van der Waals surface area contributed by atoms with Gasteiger partial charge in [-0.05, 0) is 41.5 Å². The van der Waals surface area contributed by atoms with E-state index in [2.05, 4.69) is 25.7 Å². The highest BCUT2D eigenvalue weighted by Gasteiger charge is 1.99. The van der Waals surface area contributed by atoms with Gasteiger partial charge in [0, 0.05) is 0 Å². The molecule has 0 atom stereocenters. The van der Waals surface area contributed by atoms with Gasteiger partial charge in [0.1, 0.15) is 11.4 Å². The summed E-state index contributed by atoms with van der Waals surface area (Å²) in [5, 5.41) is 13.7. The molecule has 0 radical (unpaired) electrons. The predicted molar refractivity (Wildman–Crippen MR) is 89.1 cm³/mol. The minimum absolute atomic E-state index is 0.197. The third kappa shape index (κ3) is 3.34. The van der Waals surface area contributed by atoms with E-state index < -0.39 is 0 Å². The van der Waals surface area contributed by atoms with Crippen LogP contribution in [-0.4, -0.2) is 28.5 Å². The zero-order valence-electron chi connectivity index (χ0n) is 12.7. The van der Waals surface area contributed by atoms with Crippen molar-refractivity contribution < 1.29 is 4.74 Å². The van der Waals surface area contributed by atoms with Crippen molar-refractivity contribution in [2.45, 2.75) is 6.92 Å². The van der Waals surface area contributed by atoms with Gasteiger partial charge in [-0.15, -0.1) is 10.2 Å². The van der Waals surface area contributed by atoms with Crippen LogP contribution in [0.3, 0.4) is 0 Å². The molecule has 3 rings (SSSR count). The molecule has 3 aromatic rings. The van der Waals surface area contributed by atoms with Crippen molar-refractivity contribution in [3.05, 3.63) is 58.0 Å². The highest BCUT2D eigenvalue weighted by molar-refractivity contribution is 5.91. The monoisotopic (exact) mass is 309 g/mol. The van der Waals surface area contributed by atoms with Crippen molar-refractivity contribution in [2.75, 3.05) is 12.5 Å². The van der Waals surface area contributed by atoms with E-state index >= 15 is 0 Å². The average Bonchev–Trinajstić information content (AvgIpc) is 2.57. The fraction of sp³-hybridized carbons (Fsp3) is 0.125. The Morgan fingerprint density at radius 1 is 1.17 bits per heavy atom. The maximum absolute atomic E-state index is 11.4. The molecule has 1 aromatic heterocycles. The van der Waals surface area contributed by atoms with Gasteiger partial charge in [-0.25, -0.2) is 5.43 Å². The Hall–Kier alpha value is -3.22. The number of nitrogens with one attached hydrogen (secondary N) is 2. The molecule has 2 N–H and O–H groups in total. The van der Waals surface area contributed by atoms with Gasteiger partial charge < -0.3 is 4.74 Å². The first-order valence-electron chi connectivity index (χ1n) is 6.96. The molecule has 0 fully saturated rings. The van der Waals surface area contributed by atoms with Crippen LogP contribution in [0.15, 0.2) is 46.3 Å². The van der Waals surface area contributed by atoms with Crippen LogP contribution in [0.25, 0.3) is 10.8 Å². The maximum Gasteiger partial charge on any atom is 0.274 e. The summed E-state index contributed by atoms with van der Waals surface area (Å²) >= 11 is 0. The number of nitrogens with zero attached hydrogens (tertiary/aromatic N) is 3. The van der Waals surface area contributed by atoms with Gasteiger partial charge in [0.2, 0.25) is 5.95 Å². The summed E-state index contributed by atoms with van der Waals surface area (Å²) < 4.78 is 5.21. The number of methoxy groups -OCH3 is 1. The van der Waals surface area contributed by atoms with Crippen LogP contribution in [0.4, 0.5) is 5.95 Å². The van der Waals surface area contributed by atoms with Crippen LogP contribution in [-0.2, 0) is 0 Å². The Morgan fingerprint density at radius 3 is 2.74 bits per heavy atom. The van der Waals surface area contributed by atoms with Crippen molar-refractivity contribution in [3.63, 3.8) is 0 Å². The summed E-state index contributed by atoms with van der Waals surface area (Å²) in [4.78, 5) is 13.9. The molecule has 1 heterocycles. The molecule has 116 valence electrons. The number of rotatable bonds is 4. The van der Waals surface area contributed by atoms with E-state index in [4.69, 9.17) is 4.74 Å². The number of aromatic nitrogens is 3. The molecule has 2 aromatic carbocycles. The van der Waals surface area contributed by atoms with Crippen molar-refractivity contribution in [3.8, 4) is 5.75 Å². The predicted octanol–water partition coefficient (Wildman–Crippen LogP) is 2.08. The summed E-state index contributed by atoms with van der Waals surface area (Å²) in [5.74, 6) is 1.02. The van der Waals surface area contributed by atoms with Crippen LogP contribution >= 0.6 is 0 Å². The lowest BCUT2D eigenvalue weighted by molar-refractivity contribution is 0.415. The number of hydrogen-bond donors (Lipinski definition) is 2. The highest BCUT2D eigenvalue weighted by Crippen LogP contribution is 2.21. The molecule has 23 heavy (non-hydrogen) atoms. The molecule has 0 bridgehead atoms. The highest BCUT2D eigenvalue weighted by atomic mass is 16.5. The van der Waals surface area contributed by atoms with Crippen LogP contribution in [0.5, 0.6) is 5.75 Å². The second kappa shape index (κ2) is 6.27. The number of ether oxygens (including phenoxy) is 1. The summed E-state index contributed by atoms with van der Waals surface area (Å²) in [6, 6.07) is 11.8. The average molecular weight is 309 g/mol. The molecule has 0 aliphatic heterocycles. The minimum atomic E-state index is -0.294.